The molecule has 1 aromatic carbocycles. The number of benzene rings is 1. The number of carbonyl (C=O) groups excluding carboxylic acids is 1. The van der Waals surface area contributed by atoms with Crippen molar-refractivity contribution in [3.05, 3.63) is 23.8 Å². The maximum absolute atomic E-state index is 11.9. The first-order valence-electron chi connectivity index (χ1n) is 5.76. The molecular formula is C13H20N2O3. The monoisotopic (exact) mass is 252 g/mol. The Hall–Kier alpha value is -1.75. The molecule has 0 saturated heterocycles. The lowest BCUT2D eigenvalue weighted by molar-refractivity contribution is -0.132. The predicted molar refractivity (Wildman–Crippen MR) is 69.6 cm³/mol. The molecular weight excluding hydrogens is 232 g/mol. The van der Waals surface area contributed by atoms with Crippen molar-refractivity contribution < 1.29 is 14.6 Å². The number of phenolic OH excluding ortho intramolecular Hbond substituents is 1. The summed E-state index contributed by atoms with van der Waals surface area (Å²) < 4.78 is 5.03. The van der Waals surface area contributed by atoms with Gasteiger partial charge in [0, 0.05) is 20.6 Å². The standard InChI is InChI=1S/C13H20N2O3/c1-15(2)13(17)10(8-14)6-9-4-5-11(16)12(7-9)18-3/h4-5,7,10,16H,6,8,14H2,1-3H3. The molecule has 5 nitrogen and oxygen atoms in total. The van der Waals surface area contributed by atoms with Crippen LogP contribution in [-0.2, 0) is 11.2 Å². The summed E-state index contributed by atoms with van der Waals surface area (Å²) >= 11 is 0. The molecule has 0 fully saturated rings. The second-order valence-corrected chi connectivity index (χ2v) is 4.38. The quantitative estimate of drug-likeness (QED) is 0.805. The van der Waals surface area contributed by atoms with Crippen LogP contribution < -0.4 is 10.5 Å². The van der Waals surface area contributed by atoms with Crippen molar-refractivity contribution in [3.8, 4) is 11.5 Å². The van der Waals surface area contributed by atoms with Crippen LogP contribution in [0.1, 0.15) is 5.56 Å². The van der Waals surface area contributed by atoms with Crippen LogP contribution in [0.4, 0.5) is 0 Å². The Morgan fingerprint density at radius 2 is 2.17 bits per heavy atom. The van der Waals surface area contributed by atoms with Crippen LogP contribution in [0.3, 0.4) is 0 Å². The van der Waals surface area contributed by atoms with Crippen molar-refractivity contribution >= 4 is 5.91 Å². The van der Waals surface area contributed by atoms with Gasteiger partial charge in [0.1, 0.15) is 0 Å². The van der Waals surface area contributed by atoms with Crippen LogP contribution >= 0.6 is 0 Å². The van der Waals surface area contributed by atoms with E-state index in [1.165, 1.54) is 12.0 Å². The highest BCUT2D eigenvalue weighted by molar-refractivity contribution is 5.78. The van der Waals surface area contributed by atoms with Gasteiger partial charge in [-0.3, -0.25) is 4.79 Å². The van der Waals surface area contributed by atoms with Gasteiger partial charge in [0.05, 0.1) is 13.0 Å². The van der Waals surface area contributed by atoms with E-state index in [-0.39, 0.29) is 17.6 Å². The first-order valence-corrected chi connectivity index (χ1v) is 5.76. The van der Waals surface area contributed by atoms with E-state index in [9.17, 15) is 9.90 Å². The summed E-state index contributed by atoms with van der Waals surface area (Å²) in [4.78, 5) is 13.4. The average Bonchev–Trinajstić information content (AvgIpc) is 2.36. The summed E-state index contributed by atoms with van der Waals surface area (Å²) in [6, 6.07) is 5.05. The maximum Gasteiger partial charge on any atom is 0.226 e. The van der Waals surface area contributed by atoms with Gasteiger partial charge in [-0.05, 0) is 24.1 Å². The molecule has 0 bridgehead atoms. The molecule has 5 heteroatoms. The third-order valence-electron chi connectivity index (χ3n) is 2.80. The normalized spacial score (nSPS) is 12.0. The summed E-state index contributed by atoms with van der Waals surface area (Å²) in [6.45, 7) is 0.292. The summed E-state index contributed by atoms with van der Waals surface area (Å²) in [5.74, 6) is 0.240. The van der Waals surface area contributed by atoms with Crippen molar-refractivity contribution in [2.45, 2.75) is 6.42 Å². The van der Waals surface area contributed by atoms with Gasteiger partial charge in [-0.15, -0.1) is 0 Å². The molecule has 0 radical (unpaired) electrons. The fraction of sp³-hybridized carbons (Fsp3) is 0.462. The summed E-state index contributed by atoms with van der Waals surface area (Å²) in [5.41, 5.74) is 6.54. The van der Waals surface area contributed by atoms with Gasteiger partial charge in [0.2, 0.25) is 5.91 Å². The molecule has 1 aromatic rings. The van der Waals surface area contributed by atoms with Gasteiger partial charge in [-0.25, -0.2) is 0 Å². The molecule has 0 aromatic heterocycles. The van der Waals surface area contributed by atoms with Crippen LogP contribution in [0, 0.1) is 5.92 Å². The molecule has 0 aliphatic heterocycles. The topological polar surface area (TPSA) is 75.8 Å². The van der Waals surface area contributed by atoms with Crippen LogP contribution in [0.5, 0.6) is 11.5 Å². The van der Waals surface area contributed by atoms with Crippen LogP contribution in [0.15, 0.2) is 18.2 Å². The molecule has 18 heavy (non-hydrogen) atoms. The lowest BCUT2D eigenvalue weighted by Gasteiger charge is -2.19. The molecule has 1 rings (SSSR count). The number of methoxy groups -OCH3 is 1. The third kappa shape index (κ3) is 3.37. The van der Waals surface area contributed by atoms with E-state index < -0.39 is 0 Å². The minimum Gasteiger partial charge on any atom is -0.504 e. The van der Waals surface area contributed by atoms with E-state index in [4.69, 9.17) is 10.5 Å². The van der Waals surface area contributed by atoms with Gasteiger partial charge in [-0.2, -0.15) is 0 Å². The fourth-order valence-electron chi connectivity index (χ4n) is 1.77. The van der Waals surface area contributed by atoms with Crippen LogP contribution in [0.2, 0.25) is 0 Å². The largest absolute Gasteiger partial charge is 0.504 e. The first kappa shape index (κ1) is 14.3. The minimum atomic E-state index is -0.255. The molecule has 3 N–H and O–H groups in total. The summed E-state index contributed by atoms with van der Waals surface area (Å²) in [5, 5.41) is 9.50. The number of nitrogens with two attached hydrogens (primary N) is 1. The fourth-order valence-corrected chi connectivity index (χ4v) is 1.77. The molecule has 0 saturated carbocycles. The SMILES string of the molecule is COc1cc(CC(CN)C(=O)N(C)C)ccc1O. The van der Waals surface area contributed by atoms with Gasteiger partial charge in [-0.1, -0.05) is 6.07 Å². The Bertz CT molecular complexity index is 419. The van der Waals surface area contributed by atoms with E-state index in [1.807, 2.05) is 0 Å². The number of amides is 1. The number of carbonyl (C=O) groups is 1. The Labute approximate surface area is 107 Å². The van der Waals surface area contributed by atoms with E-state index in [1.54, 1.807) is 32.3 Å². The Morgan fingerprint density at radius 1 is 1.50 bits per heavy atom. The van der Waals surface area contributed by atoms with Crippen molar-refractivity contribution in [3.63, 3.8) is 0 Å². The highest BCUT2D eigenvalue weighted by Gasteiger charge is 2.19. The lowest BCUT2D eigenvalue weighted by Crippen LogP contribution is -2.35. The van der Waals surface area contributed by atoms with E-state index in [0.29, 0.717) is 18.7 Å². The molecule has 1 atom stereocenters. The van der Waals surface area contributed by atoms with E-state index >= 15 is 0 Å². The number of ether oxygens (including phenoxy) is 1. The number of rotatable bonds is 5. The van der Waals surface area contributed by atoms with Gasteiger partial charge in [0.15, 0.2) is 11.5 Å². The number of nitrogens with zero attached hydrogens (tertiary/aromatic N) is 1. The van der Waals surface area contributed by atoms with Crippen molar-refractivity contribution in [2.75, 3.05) is 27.7 Å². The molecule has 0 aliphatic carbocycles. The smallest absolute Gasteiger partial charge is 0.226 e. The van der Waals surface area contributed by atoms with Crippen molar-refractivity contribution in [1.82, 2.24) is 4.90 Å². The third-order valence-corrected chi connectivity index (χ3v) is 2.80. The number of hydrogen-bond acceptors (Lipinski definition) is 4. The second kappa shape index (κ2) is 6.26. The van der Waals surface area contributed by atoms with Crippen molar-refractivity contribution in [1.29, 1.82) is 0 Å². The summed E-state index contributed by atoms with van der Waals surface area (Å²) in [7, 11) is 4.91. The zero-order valence-corrected chi connectivity index (χ0v) is 11.0. The number of aromatic hydroxyl groups is 1. The zero-order chi connectivity index (χ0) is 13.7. The first-order chi connectivity index (χ1) is 8.49. The molecule has 100 valence electrons. The maximum atomic E-state index is 11.9. The van der Waals surface area contributed by atoms with Gasteiger partial charge < -0.3 is 20.5 Å². The van der Waals surface area contributed by atoms with E-state index in [2.05, 4.69) is 0 Å². The van der Waals surface area contributed by atoms with Crippen molar-refractivity contribution in [2.24, 2.45) is 11.7 Å². The van der Waals surface area contributed by atoms with Crippen LogP contribution in [-0.4, -0.2) is 43.7 Å². The highest BCUT2D eigenvalue weighted by atomic mass is 16.5. The number of phenols is 1. The minimum absolute atomic E-state index is 0.00421. The highest BCUT2D eigenvalue weighted by Crippen LogP contribution is 2.27. The Kier molecular flexibility index (Phi) is 4.97. The van der Waals surface area contributed by atoms with E-state index in [0.717, 1.165) is 5.56 Å². The molecule has 0 aliphatic rings. The molecule has 0 spiro atoms. The van der Waals surface area contributed by atoms with Gasteiger partial charge in [0.25, 0.3) is 0 Å². The zero-order valence-electron chi connectivity index (χ0n) is 11.0. The Morgan fingerprint density at radius 3 is 2.67 bits per heavy atom. The molecule has 1 amide bonds. The average molecular weight is 252 g/mol. The predicted octanol–water partition coefficient (Wildman–Crippen LogP) is 0.606. The number of hydrogen-bond donors (Lipinski definition) is 2. The molecule has 0 heterocycles. The van der Waals surface area contributed by atoms with Gasteiger partial charge >= 0.3 is 0 Å². The molecule has 1 unspecified atom stereocenters. The second-order valence-electron chi connectivity index (χ2n) is 4.38. The van der Waals surface area contributed by atoms with Crippen LogP contribution in [0.25, 0.3) is 0 Å². The lowest BCUT2D eigenvalue weighted by atomic mass is 9.98. The Balaban J connectivity index is 2.85. The summed E-state index contributed by atoms with van der Waals surface area (Å²) in [6.07, 6.45) is 0.532.